The number of thiophene rings is 1. The fourth-order valence-corrected chi connectivity index (χ4v) is 3.74. The molecule has 90 valence electrons. The van der Waals surface area contributed by atoms with Crippen LogP contribution in [0.15, 0.2) is 15.9 Å². The van der Waals surface area contributed by atoms with E-state index in [1.165, 1.54) is 21.5 Å². The van der Waals surface area contributed by atoms with Crippen LogP contribution < -0.4 is 5.32 Å². The van der Waals surface area contributed by atoms with Gasteiger partial charge in [0.15, 0.2) is 0 Å². The fraction of sp³-hybridized carbons (Fsp3) is 0.667. The van der Waals surface area contributed by atoms with Gasteiger partial charge in [-0.2, -0.15) is 0 Å². The summed E-state index contributed by atoms with van der Waals surface area (Å²) in [6, 6.07) is 4.30. The van der Waals surface area contributed by atoms with E-state index in [0.717, 1.165) is 19.7 Å². The lowest BCUT2D eigenvalue weighted by Gasteiger charge is -2.31. The van der Waals surface area contributed by atoms with Crippen molar-refractivity contribution in [2.45, 2.75) is 25.9 Å². The maximum absolute atomic E-state index is 5.94. The highest BCUT2D eigenvalue weighted by Crippen LogP contribution is 2.38. The minimum absolute atomic E-state index is 0.295. The second kappa shape index (κ2) is 6.15. The fourth-order valence-electron chi connectivity index (χ4n) is 2.18. The summed E-state index contributed by atoms with van der Waals surface area (Å²) in [4.78, 5) is 1.36. The molecule has 0 spiro atoms. The van der Waals surface area contributed by atoms with Crippen LogP contribution in [-0.2, 0) is 4.74 Å². The molecular weight excluding hydrogens is 286 g/mol. The van der Waals surface area contributed by atoms with Crippen molar-refractivity contribution in [3.63, 3.8) is 0 Å². The molecule has 1 aliphatic heterocycles. The summed E-state index contributed by atoms with van der Waals surface area (Å²) in [5, 5.41) is 3.44. The van der Waals surface area contributed by atoms with E-state index in [1.54, 1.807) is 11.3 Å². The first kappa shape index (κ1) is 12.6. The van der Waals surface area contributed by atoms with Crippen LogP contribution in [-0.4, -0.2) is 19.7 Å². The van der Waals surface area contributed by atoms with Gasteiger partial charge in [-0.05, 0) is 47.4 Å². The Morgan fingerprint density at radius 2 is 2.44 bits per heavy atom. The van der Waals surface area contributed by atoms with Gasteiger partial charge in [-0.3, -0.25) is 0 Å². The van der Waals surface area contributed by atoms with Crippen LogP contribution in [0.1, 0.15) is 30.7 Å². The summed E-state index contributed by atoms with van der Waals surface area (Å²) >= 11 is 5.31. The molecule has 0 amide bonds. The van der Waals surface area contributed by atoms with Crippen molar-refractivity contribution < 1.29 is 4.74 Å². The third-order valence-corrected chi connectivity index (χ3v) is 4.66. The summed E-state index contributed by atoms with van der Waals surface area (Å²) < 4.78 is 7.13. The van der Waals surface area contributed by atoms with Crippen molar-refractivity contribution in [2.24, 2.45) is 5.92 Å². The third-order valence-electron chi connectivity index (χ3n) is 2.98. The molecule has 1 aromatic heterocycles. The van der Waals surface area contributed by atoms with Crippen LogP contribution in [0.4, 0.5) is 0 Å². The van der Waals surface area contributed by atoms with Gasteiger partial charge in [-0.15, -0.1) is 11.3 Å². The van der Waals surface area contributed by atoms with Gasteiger partial charge in [0.25, 0.3) is 0 Å². The van der Waals surface area contributed by atoms with Gasteiger partial charge in [0.2, 0.25) is 0 Å². The van der Waals surface area contributed by atoms with E-state index in [0.29, 0.717) is 12.0 Å². The standard InChI is InChI=1S/C12H18BrNOS/c1-2-14-8-9-4-3-7-15-12(9)10-5-6-11(13)16-10/h5-6,9,12,14H,2-4,7-8H2,1H3. The van der Waals surface area contributed by atoms with E-state index in [4.69, 9.17) is 4.74 Å². The normalized spacial score (nSPS) is 25.9. The highest BCUT2D eigenvalue weighted by Gasteiger charge is 2.28. The predicted octanol–water partition coefficient (Wildman–Crippen LogP) is 3.59. The topological polar surface area (TPSA) is 21.3 Å². The highest BCUT2D eigenvalue weighted by atomic mass is 79.9. The lowest BCUT2D eigenvalue weighted by molar-refractivity contribution is -0.0254. The van der Waals surface area contributed by atoms with Gasteiger partial charge < -0.3 is 10.1 Å². The minimum atomic E-state index is 0.295. The first-order valence-corrected chi connectivity index (χ1v) is 7.49. The average molecular weight is 304 g/mol. The molecule has 2 rings (SSSR count). The molecule has 2 heterocycles. The molecule has 2 nitrogen and oxygen atoms in total. The largest absolute Gasteiger partial charge is 0.372 e. The van der Waals surface area contributed by atoms with E-state index in [-0.39, 0.29) is 0 Å². The second-order valence-electron chi connectivity index (χ2n) is 4.14. The minimum Gasteiger partial charge on any atom is -0.372 e. The number of rotatable bonds is 4. The zero-order valence-corrected chi connectivity index (χ0v) is 11.9. The molecule has 0 aromatic carbocycles. The molecule has 0 aliphatic carbocycles. The molecule has 1 aliphatic rings. The predicted molar refractivity (Wildman–Crippen MR) is 72.0 cm³/mol. The van der Waals surface area contributed by atoms with Crippen molar-refractivity contribution in [2.75, 3.05) is 19.7 Å². The Kier molecular flexibility index (Phi) is 4.82. The Morgan fingerprint density at radius 1 is 1.56 bits per heavy atom. The lowest BCUT2D eigenvalue weighted by atomic mass is 9.93. The first-order valence-electron chi connectivity index (χ1n) is 5.89. The van der Waals surface area contributed by atoms with Crippen LogP contribution in [0.2, 0.25) is 0 Å². The van der Waals surface area contributed by atoms with Crippen LogP contribution in [0.5, 0.6) is 0 Å². The van der Waals surface area contributed by atoms with Crippen LogP contribution >= 0.6 is 27.3 Å². The Bertz CT molecular complexity index is 329. The highest BCUT2D eigenvalue weighted by molar-refractivity contribution is 9.11. The summed E-state index contributed by atoms with van der Waals surface area (Å²) in [6.45, 7) is 5.16. The van der Waals surface area contributed by atoms with Gasteiger partial charge in [0, 0.05) is 23.9 Å². The molecule has 0 radical (unpaired) electrons. The SMILES string of the molecule is CCNCC1CCCOC1c1ccc(Br)s1. The van der Waals surface area contributed by atoms with Gasteiger partial charge in [0.1, 0.15) is 0 Å². The molecule has 1 aromatic rings. The summed E-state index contributed by atoms with van der Waals surface area (Å²) in [5.74, 6) is 0.624. The maximum atomic E-state index is 5.94. The van der Waals surface area contributed by atoms with Crippen molar-refractivity contribution in [1.82, 2.24) is 5.32 Å². The van der Waals surface area contributed by atoms with Crippen LogP contribution in [0, 0.1) is 5.92 Å². The number of hydrogen-bond acceptors (Lipinski definition) is 3. The molecule has 2 unspecified atom stereocenters. The molecule has 16 heavy (non-hydrogen) atoms. The number of halogens is 1. The van der Waals surface area contributed by atoms with Crippen molar-refractivity contribution in [1.29, 1.82) is 0 Å². The van der Waals surface area contributed by atoms with E-state index < -0.39 is 0 Å². The van der Waals surface area contributed by atoms with E-state index in [2.05, 4.69) is 40.3 Å². The van der Waals surface area contributed by atoms with Crippen LogP contribution in [0.25, 0.3) is 0 Å². The van der Waals surface area contributed by atoms with E-state index >= 15 is 0 Å². The van der Waals surface area contributed by atoms with Crippen molar-refractivity contribution in [3.8, 4) is 0 Å². The molecule has 1 fully saturated rings. The molecule has 0 bridgehead atoms. The Morgan fingerprint density at radius 3 is 3.12 bits per heavy atom. The Balaban J connectivity index is 2.04. The zero-order valence-electron chi connectivity index (χ0n) is 9.54. The maximum Gasteiger partial charge on any atom is 0.0957 e. The molecule has 1 N–H and O–H groups in total. The number of ether oxygens (including phenoxy) is 1. The second-order valence-corrected chi connectivity index (χ2v) is 6.64. The monoisotopic (exact) mass is 303 g/mol. The van der Waals surface area contributed by atoms with Gasteiger partial charge in [0.05, 0.1) is 9.89 Å². The summed E-state index contributed by atoms with van der Waals surface area (Å²) in [6.07, 6.45) is 2.76. The Labute approximate surface area is 110 Å². The summed E-state index contributed by atoms with van der Waals surface area (Å²) in [5.41, 5.74) is 0. The van der Waals surface area contributed by atoms with Gasteiger partial charge in [-0.25, -0.2) is 0 Å². The zero-order chi connectivity index (χ0) is 11.4. The van der Waals surface area contributed by atoms with Crippen molar-refractivity contribution in [3.05, 3.63) is 20.8 Å². The van der Waals surface area contributed by atoms with Crippen LogP contribution in [0.3, 0.4) is 0 Å². The molecule has 4 heteroatoms. The van der Waals surface area contributed by atoms with E-state index in [1.807, 2.05) is 0 Å². The molecule has 1 saturated heterocycles. The average Bonchev–Trinajstić information content (AvgIpc) is 2.73. The smallest absolute Gasteiger partial charge is 0.0957 e. The lowest BCUT2D eigenvalue weighted by Crippen LogP contribution is -2.31. The van der Waals surface area contributed by atoms with E-state index in [9.17, 15) is 0 Å². The summed E-state index contributed by atoms with van der Waals surface area (Å²) in [7, 11) is 0. The molecule has 0 saturated carbocycles. The van der Waals surface area contributed by atoms with Crippen molar-refractivity contribution >= 4 is 27.3 Å². The molecule has 2 atom stereocenters. The quantitative estimate of drug-likeness (QED) is 0.918. The third kappa shape index (κ3) is 3.06. The first-order chi connectivity index (χ1) is 7.81. The molecular formula is C12H18BrNOS. The number of hydrogen-bond donors (Lipinski definition) is 1. The Hall–Kier alpha value is 0.1000. The number of nitrogens with one attached hydrogen (secondary N) is 1. The van der Waals surface area contributed by atoms with Gasteiger partial charge in [-0.1, -0.05) is 6.92 Å². The van der Waals surface area contributed by atoms with Gasteiger partial charge >= 0.3 is 0 Å².